The van der Waals surface area contributed by atoms with E-state index >= 15 is 0 Å². The fourth-order valence-electron chi connectivity index (χ4n) is 2.25. The molecule has 0 fully saturated rings. The first-order valence-corrected chi connectivity index (χ1v) is 7.00. The van der Waals surface area contributed by atoms with Gasteiger partial charge in [-0.1, -0.05) is 17.7 Å². The van der Waals surface area contributed by atoms with Gasteiger partial charge in [-0.25, -0.2) is 0 Å². The highest BCUT2D eigenvalue weighted by Crippen LogP contribution is 2.26. The van der Waals surface area contributed by atoms with Gasteiger partial charge in [0.1, 0.15) is 5.75 Å². The van der Waals surface area contributed by atoms with E-state index in [1.807, 2.05) is 38.1 Å². The highest BCUT2D eigenvalue weighted by atomic mass is 16.5. The molecule has 2 rings (SSSR count). The number of carbonyl (C=O) groups excluding carboxylic acids is 1. The molecule has 0 bridgehead atoms. The Kier molecular flexibility index (Phi) is 4.80. The highest BCUT2D eigenvalue weighted by Gasteiger charge is 2.15. The van der Waals surface area contributed by atoms with Gasteiger partial charge in [-0.15, -0.1) is 0 Å². The van der Waals surface area contributed by atoms with E-state index in [4.69, 9.17) is 10.00 Å². The summed E-state index contributed by atoms with van der Waals surface area (Å²) < 4.78 is 5.35. The number of hydrogen-bond acceptors (Lipinski definition) is 3. The van der Waals surface area contributed by atoms with Crippen LogP contribution in [0, 0.1) is 18.3 Å². The van der Waals surface area contributed by atoms with Gasteiger partial charge in [0, 0.05) is 11.1 Å². The number of methoxy groups -OCH3 is 1. The maximum absolute atomic E-state index is 12.3. The molecule has 2 aromatic carbocycles. The monoisotopic (exact) mass is 294 g/mol. The van der Waals surface area contributed by atoms with Crippen LogP contribution in [0.3, 0.4) is 0 Å². The van der Waals surface area contributed by atoms with Crippen LogP contribution in [-0.4, -0.2) is 13.0 Å². The number of nitrogens with zero attached hydrogens (tertiary/aromatic N) is 1. The van der Waals surface area contributed by atoms with Crippen molar-refractivity contribution in [1.82, 2.24) is 5.32 Å². The average molecular weight is 294 g/mol. The molecule has 0 aliphatic carbocycles. The molecule has 0 aliphatic rings. The van der Waals surface area contributed by atoms with Crippen LogP contribution in [0.2, 0.25) is 0 Å². The Morgan fingerprint density at radius 1 is 1.23 bits per heavy atom. The molecule has 0 aliphatic heterocycles. The number of amides is 1. The molecule has 22 heavy (non-hydrogen) atoms. The first-order valence-electron chi connectivity index (χ1n) is 7.00. The van der Waals surface area contributed by atoms with Crippen LogP contribution >= 0.6 is 0 Å². The van der Waals surface area contributed by atoms with Gasteiger partial charge in [-0.2, -0.15) is 5.26 Å². The third-order valence-corrected chi connectivity index (χ3v) is 3.48. The molecule has 0 heterocycles. The zero-order chi connectivity index (χ0) is 16.1. The summed E-state index contributed by atoms with van der Waals surface area (Å²) in [6.07, 6.45) is 0. The number of hydrogen-bond donors (Lipinski definition) is 1. The van der Waals surface area contributed by atoms with E-state index in [9.17, 15) is 4.79 Å². The molecule has 112 valence electrons. The van der Waals surface area contributed by atoms with Crippen molar-refractivity contribution >= 4 is 5.91 Å². The zero-order valence-corrected chi connectivity index (χ0v) is 12.9. The molecule has 2 aromatic rings. The minimum atomic E-state index is -0.182. The van der Waals surface area contributed by atoms with Crippen molar-refractivity contribution in [1.29, 1.82) is 5.26 Å². The van der Waals surface area contributed by atoms with E-state index in [0.29, 0.717) is 11.1 Å². The molecule has 1 atom stereocenters. The molecule has 1 N–H and O–H groups in total. The molecule has 1 amide bonds. The molecule has 0 spiro atoms. The Balaban J connectivity index is 2.17. The van der Waals surface area contributed by atoms with Crippen molar-refractivity contribution in [3.63, 3.8) is 0 Å². The third-order valence-electron chi connectivity index (χ3n) is 3.48. The van der Waals surface area contributed by atoms with Crippen molar-refractivity contribution < 1.29 is 9.53 Å². The predicted octanol–water partition coefficient (Wildman–Crippen LogP) is 3.37. The maximum Gasteiger partial charge on any atom is 0.251 e. The molecule has 0 unspecified atom stereocenters. The van der Waals surface area contributed by atoms with Crippen molar-refractivity contribution in [3.05, 3.63) is 64.7 Å². The highest BCUT2D eigenvalue weighted by molar-refractivity contribution is 5.94. The van der Waals surface area contributed by atoms with Crippen LogP contribution in [0.15, 0.2) is 42.5 Å². The lowest BCUT2D eigenvalue weighted by atomic mass is 10.0. The third kappa shape index (κ3) is 3.44. The van der Waals surface area contributed by atoms with Crippen LogP contribution in [0.1, 0.15) is 40.0 Å². The van der Waals surface area contributed by atoms with Gasteiger partial charge < -0.3 is 10.1 Å². The molecule has 4 nitrogen and oxygen atoms in total. The number of carbonyl (C=O) groups is 1. The fourth-order valence-corrected chi connectivity index (χ4v) is 2.25. The summed E-state index contributed by atoms with van der Waals surface area (Å²) in [5, 5.41) is 11.7. The summed E-state index contributed by atoms with van der Waals surface area (Å²) in [5.41, 5.74) is 3.10. The lowest BCUT2D eigenvalue weighted by Crippen LogP contribution is -2.27. The minimum Gasteiger partial charge on any atom is -0.496 e. The van der Waals surface area contributed by atoms with Crippen LogP contribution in [0.25, 0.3) is 0 Å². The Hall–Kier alpha value is -2.80. The maximum atomic E-state index is 12.3. The lowest BCUT2D eigenvalue weighted by molar-refractivity contribution is 0.0939. The van der Waals surface area contributed by atoms with Crippen molar-refractivity contribution in [2.45, 2.75) is 19.9 Å². The van der Waals surface area contributed by atoms with Crippen LogP contribution in [0.4, 0.5) is 0 Å². The largest absolute Gasteiger partial charge is 0.496 e. The van der Waals surface area contributed by atoms with Gasteiger partial charge in [0.2, 0.25) is 0 Å². The summed E-state index contributed by atoms with van der Waals surface area (Å²) in [6.45, 7) is 3.91. The molecule has 0 saturated heterocycles. The predicted molar refractivity (Wildman–Crippen MR) is 84.8 cm³/mol. The van der Waals surface area contributed by atoms with Crippen molar-refractivity contribution in [2.75, 3.05) is 7.11 Å². The Bertz CT molecular complexity index is 715. The van der Waals surface area contributed by atoms with Crippen LogP contribution in [0.5, 0.6) is 5.75 Å². The quantitative estimate of drug-likeness (QED) is 0.940. The van der Waals surface area contributed by atoms with Gasteiger partial charge in [0.15, 0.2) is 0 Å². The normalized spacial score (nSPS) is 11.4. The van der Waals surface area contributed by atoms with Crippen LogP contribution < -0.4 is 10.1 Å². The van der Waals surface area contributed by atoms with Crippen molar-refractivity contribution in [2.24, 2.45) is 0 Å². The minimum absolute atomic E-state index is 0.180. The van der Waals surface area contributed by atoms with Gasteiger partial charge in [-0.3, -0.25) is 4.79 Å². The second-order valence-electron chi connectivity index (χ2n) is 5.13. The van der Waals surface area contributed by atoms with E-state index in [1.54, 1.807) is 31.4 Å². The van der Waals surface area contributed by atoms with Crippen molar-refractivity contribution in [3.8, 4) is 11.8 Å². The summed E-state index contributed by atoms with van der Waals surface area (Å²) in [5.74, 6) is 0.568. The van der Waals surface area contributed by atoms with E-state index in [1.165, 1.54) is 0 Å². The fraction of sp³-hybridized carbons (Fsp3) is 0.222. The molecule has 4 heteroatoms. The average Bonchev–Trinajstić information content (AvgIpc) is 2.54. The molecule has 0 saturated carbocycles. The van der Waals surface area contributed by atoms with E-state index in [0.717, 1.165) is 16.9 Å². The molecular weight excluding hydrogens is 276 g/mol. The van der Waals surface area contributed by atoms with E-state index in [2.05, 4.69) is 5.32 Å². The summed E-state index contributed by atoms with van der Waals surface area (Å²) in [6, 6.07) is 14.3. The smallest absolute Gasteiger partial charge is 0.251 e. The van der Waals surface area contributed by atoms with Gasteiger partial charge >= 0.3 is 0 Å². The van der Waals surface area contributed by atoms with Gasteiger partial charge in [-0.05, 0) is 44.2 Å². The first kappa shape index (κ1) is 15.6. The summed E-state index contributed by atoms with van der Waals surface area (Å²) in [7, 11) is 1.61. The molecular formula is C18H18N2O2. The number of aryl methyl sites for hydroxylation is 1. The number of nitrogens with one attached hydrogen (secondary N) is 1. The van der Waals surface area contributed by atoms with Gasteiger partial charge in [0.05, 0.1) is 24.8 Å². The van der Waals surface area contributed by atoms with E-state index < -0.39 is 0 Å². The number of ether oxygens (including phenoxy) is 1. The second kappa shape index (κ2) is 6.77. The summed E-state index contributed by atoms with van der Waals surface area (Å²) in [4.78, 5) is 12.3. The van der Waals surface area contributed by atoms with Crippen LogP contribution in [-0.2, 0) is 0 Å². The summed E-state index contributed by atoms with van der Waals surface area (Å²) >= 11 is 0. The standard InChI is InChI=1S/C18H18N2O2/c1-12-4-9-17(22-3)16(10-12)13(2)20-18(21)15-7-5-14(11-19)6-8-15/h4-10,13H,1-3H3,(H,20,21)/t13-/m0/s1. The topological polar surface area (TPSA) is 62.1 Å². The number of benzene rings is 2. The molecule has 0 radical (unpaired) electrons. The Morgan fingerprint density at radius 2 is 1.91 bits per heavy atom. The lowest BCUT2D eigenvalue weighted by Gasteiger charge is -2.18. The molecule has 0 aromatic heterocycles. The Morgan fingerprint density at radius 3 is 2.50 bits per heavy atom. The van der Waals surface area contributed by atoms with Gasteiger partial charge in [0.25, 0.3) is 5.91 Å². The number of nitriles is 1. The van der Waals surface area contributed by atoms with E-state index in [-0.39, 0.29) is 11.9 Å². The number of rotatable bonds is 4. The SMILES string of the molecule is COc1ccc(C)cc1[C@H](C)NC(=O)c1ccc(C#N)cc1. The zero-order valence-electron chi connectivity index (χ0n) is 12.9. The second-order valence-corrected chi connectivity index (χ2v) is 5.13. The first-order chi connectivity index (χ1) is 10.5. The Labute approximate surface area is 130 Å².